The summed E-state index contributed by atoms with van der Waals surface area (Å²) in [5, 5.41) is 8.76. The zero-order valence-corrected chi connectivity index (χ0v) is 10.8. The van der Waals surface area contributed by atoms with Crippen molar-refractivity contribution in [1.82, 2.24) is 4.98 Å². The molecule has 0 saturated carbocycles. The summed E-state index contributed by atoms with van der Waals surface area (Å²) in [5.41, 5.74) is -0.553. The van der Waals surface area contributed by atoms with E-state index in [-0.39, 0.29) is 10.2 Å². The molecule has 0 fully saturated rings. The fourth-order valence-corrected chi connectivity index (χ4v) is 1.75. The Morgan fingerprint density at radius 3 is 2.68 bits per heavy atom. The van der Waals surface area contributed by atoms with E-state index in [4.69, 9.17) is 9.84 Å². The van der Waals surface area contributed by atoms with Crippen LogP contribution in [0, 0.1) is 11.6 Å². The van der Waals surface area contributed by atoms with E-state index < -0.39 is 29.0 Å². The lowest BCUT2D eigenvalue weighted by molar-refractivity contribution is 0.0690. The first-order valence-corrected chi connectivity index (χ1v) is 5.79. The van der Waals surface area contributed by atoms with Gasteiger partial charge in [0.2, 0.25) is 0 Å². The summed E-state index contributed by atoms with van der Waals surface area (Å²) in [6.07, 6.45) is 1.11. The molecule has 0 aliphatic rings. The van der Waals surface area contributed by atoms with Crippen LogP contribution in [0.2, 0.25) is 0 Å². The number of ether oxygens (including phenoxy) is 1. The maximum absolute atomic E-state index is 13.8. The van der Waals surface area contributed by atoms with E-state index in [1.54, 1.807) is 0 Å². The lowest BCUT2D eigenvalue weighted by atomic mass is 10.2. The highest BCUT2D eigenvalue weighted by atomic mass is 79.9. The molecule has 0 saturated heterocycles. The van der Waals surface area contributed by atoms with E-state index in [1.807, 2.05) is 0 Å². The van der Waals surface area contributed by atoms with Gasteiger partial charge in [0.15, 0.2) is 5.82 Å². The summed E-state index contributed by atoms with van der Waals surface area (Å²) in [4.78, 5) is 14.4. The zero-order chi connectivity index (χ0) is 14.0. The number of pyridine rings is 1. The van der Waals surface area contributed by atoms with Crippen LogP contribution in [0.3, 0.4) is 0 Å². The molecule has 0 aliphatic heterocycles. The van der Waals surface area contributed by atoms with E-state index in [2.05, 4.69) is 20.9 Å². The monoisotopic (exact) mass is 329 g/mol. The fourth-order valence-electron chi connectivity index (χ4n) is 1.32. The third kappa shape index (κ3) is 2.87. The molecule has 0 radical (unpaired) electrons. The number of rotatable bonds is 3. The number of carbonyl (C=O) groups is 1. The Kier molecular flexibility index (Phi) is 3.75. The number of hydrogen-bond donors (Lipinski definition) is 1. The summed E-state index contributed by atoms with van der Waals surface area (Å²) >= 11 is 3.05. The number of halogens is 3. The Morgan fingerprint density at radius 2 is 2.05 bits per heavy atom. The van der Waals surface area contributed by atoms with Gasteiger partial charge < -0.3 is 9.84 Å². The number of hydrogen-bond acceptors (Lipinski definition) is 3. The molecule has 1 aromatic carbocycles. The maximum atomic E-state index is 13.8. The summed E-state index contributed by atoms with van der Waals surface area (Å²) in [5.74, 6) is -3.39. The molecule has 19 heavy (non-hydrogen) atoms. The third-order valence-electron chi connectivity index (χ3n) is 2.19. The van der Waals surface area contributed by atoms with E-state index >= 15 is 0 Å². The van der Waals surface area contributed by atoms with Crippen molar-refractivity contribution in [2.75, 3.05) is 0 Å². The molecular weight excluding hydrogens is 324 g/mol. The molecule has 7 heteroatoms. The van der Waals surface area contributed by atoms with Gasteiger partial charge in [-0.15, -0.1) is 0 Å². The standard InChI is InChI=1S/C12H6BrF2NO3/c13-8-5-6(14)1-2-9(8)19-11-10(15)7(12(17)18)3-4-16-11/h1-5H,(H,17,18). The normalized spacial score (nSPS) is 10.3. The second-order valence-corrected chi connectivity index (χ2v) is 4.31. The van der Waals surface area contributed by atoms with Gasteiger partial charge in [-0.05, 0) is 40.2 Å². The van der Waals surface area contributed by atoms with Gasteiger partial charge in [0.1, 0.15) is 17.1 Å². The smallest absolute Gasteiger partial charge is 0.338 e. The second kappa shape index (κ2) is 5.31. The van der Waals surface area contributed by atoms with Gasteiger partial charge in [-0.25, -0.2) is 18.6 Å². The minimum Gasteiger partial charge on any atom is -0.478 e. The fraction of sp³-hybridized carbons (Fsp3) is 0. The first-order chi connectivity index (χ1) is 8.99. The minimum atomic E-state index is -1.43. The quantitative estimate of drug-likeness (QED) is 0.934. The van der Waals surface area contributed by atoms with Crippen molar-refractivity contribution in [2.24, 2.45) is 0 Å². The van der Waals surface area contributed by atoms with Gasteiger partial charge in [0.05, 0.1) is 4.47 Å². The first-order valence-electron chi connectivity index (χ1n) is 4.99. The van der Waals surface area contributed by atoms with Crippen LogP contribution in [0.1, 0.15) is 10.4 Å². The van der Waals surface area contributed by atoms with E-state index in [0.717, 1.165) is 24.4 Å². The maximum Gasteiger partial charge on any atom is 0.338 e. The van der Waals surface area contributed by atoms with Gasteiger partial charge in [-0.3, -0.25) is 0 Å². The number of aromatic carboxylic acids is 1. The number of benzene rings is 1. The number of carboxylic acid groups (broad SMARTS) is 1. The second-order valence-electron chi connectivity index (χ2n) is 3.46. The summed E-state index contributed by atoms with van der Waals surface area (Å²) in [6.45, 7) is 0. The van der Waals surface area contributed by atoms with Crippen LogP contribution >= 0.6 is 15.9 Å². The highest BCUT2D eigenvalue weighted by Gasteiger charge is 2.17. The van der Waals surface area contributed by atoms with E-state index in [0.29, 0.717) is 0 Å². The Hall–Kier alpha value is -2.02. The average molecular weight is 330 g/mol. The topological polar surface area (TPSA) is 59.4 Å². The van der Waals surface area contributed by atoms with Crippen LogP contribution in [-0.4, -0.2) is 16.1 Å². The van der Waals surface area contributed by atoms with E-state index in [9.17, 15) is 13.6 Å². The Labute approximate surface area is 114 Å². The molecule has 2 rings (SSSR count). The van der Waals surface area contributed by atoms with Crippen LogP contribution in [0.25, 0.3) is 0 Å². The number of carboxylic acids is 1. The minimum absolute atomic E-state index is 0.121. The Balaban J connectivity index is 2.38. The van der Waals surface area contributed by atoms with E-state index in [1.165, 1.54) is 6.07 Å². The molecule has 1 N–H and O–H groups in total. The van der Waals surface area contributed by atoms with Gasteiger partial charge in [0.25, 0.3) is 5.88 Å². The van der Waals surface area contributed by atoms with Gasteiger partial charge in [0, 0.05) is 6.20 Å². The van der Waals surface area contributed by atoms with Crippen LogP contribution in [-0.2, 0) is 0 Å². The van der Waals surface area contributed by atoms with Gasteiger partial charge >= 0.3 is 5.97 Å². The van der Waals surface area contributed by atoms with Crippen LogP contribution in [0.15, 0.2) is 34.9 Å². The average Bonchev–Trinajstić information content (AvgIpc) is 2.34. The molecule has 98 valence electrons. The van der Waals surface area contributed by atoms with Crippen molar-refractivity contribution in [1.29, 1.82) is 0 Å². The molecule has 0 spiro atoms. The van der Waals surface area contributed by atoms with Crippen molar-refractivity contribution in [3.8, 4) is 11.6 Å². The van der Waals surface area contributed by atoms with Gasteiger partial charge in [-0.2, -0.15) is 0 Å². The van der Waals surface area contributed by atoms with Crippen molar-refractivity contribution in [3.05, 3.63) is 52.1 Å². The van der Waals surface area contributed by atoms with Crippen molar-refractivity contribution in [2.45, 2.75) is 0 Å². The summed E-state index contributed by atoms with van der Waals surface area (Å²) < 4.78 is 32.0. The zero-order valence-electron chi connectivity index (χ0n) is 9.23. The molecule has 0 bridgehead atoms. The summed E-state index contributed by atoms with van der Waals surface area (Å²) in [6, 6.07) is 4.55. The molecule has 0 atom stereocenters. The van der Waals surface area contributed by atoms with Crippen LogP contribution < -0.4 is 4.74 Å². The van der Waals surface area contributed by atoms with Crippen molar-refractivity contribution < 1.29 is 23.4 Å². The molecule has 1 heterocycles. The Bertz CT molecular complexity index is 649. The Morgan fingerprint density at radius 1 is 1.32 bits per heavy atom. The third-order valence-corrected chi connectivity index (χ3v) is 2.81. The predicted molar refractivity (Wildman–Crippen MR) is 65.3 cm³/mol. The molecule has 0 aliphatic carbocycles. The lowest BCUT2D eigenvalue weighted by Gasteiger charge is -2.08. The summed E-state index contributed by atoms with van der Waals surface area (Å²) in [7, 11) is 0. The molecular formula is C12H6BrF2NO3. The molecule has 0 amide bonds. The number of nitrogens with zero attached hydrogens (tertiary/aromatic N) is 1. The van der Waals surface area contributed by atoms with Crippen molar-refractivity contribution in [3.63, 3.8) is 0 Å². The molecule has 1 aromatic heterocycles. The van der Waals surface area contributed by atoms with Gasteiger partial charge in [-0.1, -0.05) is 0 Å². The highest BCUT2D eigenvalue weighted by molar-refractivity contribution is 9.10. The first kappa shape index (κ1) is 13.4. The van der Waals surface area contributed by atoms with Crippen LogP contribution in [0.5, 0.6) is 11.6 Å². The molecule has 4 nitrogen and oxygen atoms in total. The van der Waals surface area contributed by atoms with Crippen LogP contribution in [0.4, 0.5) is 8.78 Å². The SMILES string of the molecule is O=C(O)c1ccnc(Oc2ccc(F)cc2Br)c1F. The molecule has 2 aromatic rings. The molecule has 0 unspecified atom stereocenters. The van der Waals surface area contributed by atoms with Crippen molar-refractivity contribution >= 4 is 21.9 Å². The number of aromatic nitrogens is 1. The lowest BCUT2D eigenvalue weighted by Crippen LogP contribution is -2.03. The predicted octanol–water partition coefficient (Wildman–Crippen LogP) is 3.61. The highest BCUT2D eigenvalue weighted by Crippen LogP contribution is 2.31. The largest absolute Gasteiger partial charge is 0.478 e.